The first kappa shape index (κ1) is 9.85. The Kier molecular flexibility index (Phi) is 3.56. The van der Waals surface area contributed by atoms with E-state index in [0.717, 1.165) is 6.42 Å². The van der Waals surface area contributed by atoms with Crippen molar-refractivity contribution >= 4 is 5.69 Å². The minimum Gasteiger partial charge on any atom is -0.351 e. The van der Waals surface area contributed by atoms with Crippen molar-refractivity contribution in [2.75, 3.05) is 11.9 Å². The topological polar surface area (TPSA) is 3.24 Å². The molecule has 0 aliphatic rings. The number of hydrogen-bond acceptors (Lipinski definition) is 1. The second-order valence-electron chi connectivity index (χ2n) is 3.19. The molecule has 0 spiro atoms. The van der Waals surface area contributed by atoms with Gasteiger partial charge in [-0.15, -0.1) is 0 Å². The molecule has 0 atom stereocenters. The molecule has 0 fully saturated rings. The number of anilines is 1. The molecular formula is C12H17N. The van der Waals surface area contributed by atoms with E-state index in [0.29, 0.717) is 0 Å². The smallest absolute Gasteiger partial charge is 0.0433 e. The average Bonchev–Trinajstić information content (AvgIpc) is 2.15. The summed E-state index contributed by atoms with van der Waals surface area (Å²) in [6, 6.07) is 8.40. The molecule has 0 radical (unpaired) electrons. The van der Waals surface area contributed by atoms with Gasteiger partial charge in [0.25, 0.3) is 0 Å². The molecule has 0 aliphatic carbocycles. The van der Waals surface area contributed by atoms with Crippen LogP contribution < -0.4 is 4.90 Å². The number of hydrogen-bond donors (Lipinski definition) is 0. The fourth-order valence-corrected chi connectivity index (χ4v) is 1.30. The van der Waals surface area contributed by atoms with Gasteiger partial charge in [0, 0.05) is 12.7 Å². The molecule has 0 unspecified atom stereocenters. The Labute approximate surface area is 80.7 Å². The lowest BCUT2D eigenvalue weighted by molar-refractivity contribution is 1.14. The molecule has 1 aromatic rings. The first-order chi connectivity index (χ1) is 6.25. The van der Waals surface area contributed by atoms with Crippen molar-refractivity contribution in [2.24, 2.45) is 0 Å². The molecule has 0 saturated heterocycles. The Balaban J connectivity index is 2.82. The number of benzene rings is 1. The van der Waals surface area contributed by atoms with Crippen molar-refractivity contribution < 1.29 is 0 Å². The van der Waals surface area contributed by atoms with Crippen LogP contribution in [-0.2, 0) is 0 Å². The SMILES string of the molecule is CC/C=C/N(C)c1ccccc1C. The first-order valence-corrected chi connectivity index (χ1v) is 4.71. The maximum Gasteiger partial charge on any atom is 0.0433 e. The van der Waals surface area contributed by atoms with Gasteiger partial charge in [-0.3, -0.25) is 0 Å². The summed E-state index contributed by atoms with van der Waals surface area (Å²) >= 11 is 0. The second-order valence-corrected chi connectivity index (χ2v) is 3.19. The van der Waals surface area contributed by atoms with Gasteiger partial charge in [0.1, 0.15) is 0 Å². The Hall–Kier alpha value is -1.24. The molecule has 0 bridgehead atoms. The molecule has 1 aromatic carbocycles. The van der Waals surface area contributed by atoms with Gasteiger partial charge in [0.05, 0.1) is 0 Å². The fraction of sp³-hybridized carbons (Fsp3) is 0.333. The van der Waals surface area contributed by atoms with Crippen LogP contribution in [0.15, 0.2) is 36.5 Å². The van der Waals surface area contributed by atoms with E-state index < -0.39 is 0 Å². The summed E-state index contributed by atoms with van der Waals surface area (Å²) in [5.41, 5.74) is 2.58. The van der Waals surface area contributed by atoms with Crippen LogP contribution in [0.1, 0.15) is 18.9 Å². The van der Waals surface area contributed by atoms with E-state index in [1.807, 2.05) is 0 Å². The molecule has 0 heterocycles. The molecule has 0 aromatic heterocycles. The quantitative estimate of drug-likeness (QED) is 0.681. The molecule has 0 amide bonds. The van der Waals surface area contributed by atoms with Crippen molar-refractivity contribution in [3.05, 3.63) is 42.1 Å². The molecule has 70 valence electrons. The molecule has 1 nitrogen and oxygen atoms in total. The molecule has 13 heavy (non-hydrogen) atoms. The highest BCUT2D eigenvalue weighted by Crippen LogP contribution is 2.17. The van der Waals surface area contributed by atoms with Crippen molar-refractivity contribution in [3.8, 4) is 0 Å². The van der Waals surface area contributed by atoms with Gasteiger partial charge in [-0.05, 0) is 31.2 Å². The van der Waals surface area contributed by atoms with E-state index >= 15 is 0 Å². The van der Waals surface area contributed by atoms with E-state index in [4.69, 9.17) is 0 Å². The maximum atomic E-state index is 2.16. The highest BCUT2D eigenvalue weighted by molar-refractivity contribution is 5.54. The maximum absolute atomic E-state index is 2.16. The zero-order valence-electron chi connectivity index (χ0n) is 8.62. The summed E-state index contributed by atoms with van der Waals surface area (Å²) < 4.78 is 0. The zero-order valence-corrected chi connectivity index (χ0v) is 8.62. The van der Waals surface area contributed by atoms with Gasteiger partial charge in [-0.25, -0.2) is 0 Å². The lowest BCUT2D eigenvalue weighted by Crippen LogP contribution is -2.08. The van der Waals surface area contributed by atoms with Crippen LogP contribution in [0.3, 0.4) is 0 Å². The Morgan fingerprint density at radius 3 is 2.62 bits per heavy atom. The highest BCUT2D eigenvalue weighted by atomic mass is 15.1. The van der Waals surface area contributed by atoms with Crippen LogP contribution in [0.4, 0.5) is 5.69 Å². The van der Waals surface area contributed by atoms with Crippen LogP contribution in [0.25, 0.3) is 0 Å². The molecule has 1 rings (SSSR count). The van der Waals surface area contributed by atoms with Gasteiger partial charge in [-0.2, -0.15) is 0 Å². The third kappa shape index (κ3) is 2.62. The zero-order chi connectivity index (χ0) is 9.68. The van der Waals surface area contributed by atoms with Crippen LogP contribution >= 0.6 is 0 Å². The predicted octanol–water partition coefficient (Wildman–Crippen LogP) is 3.35. The van der Waals surface area contributed by atoms with Crippen molar-refractivity contribution in [3.63, 3.8) is 0 Å². The number of allylic oxidation sites excluding steroid dienone is 1. The second kappa shape index (κ2) is 4.70. The minimum absolute atomic E-state index is 1.08. The molecule has 0 N–H and O–H groups in total. The van der Waals surface area contributed by atoms with Gasteiger partial charge in [0.2, 0.25) is 0 Å². The summed E-state index contributed by atoms with van der Waals surface area (Å²) in [5, 5.41) is 0. The number of rotatable bonds is 3. The van der Waals surface area contributed by atoms with Crippen LogP contribution in [0, 0.1) is 6.92 Å². The molecule has 1 heteroatoms. The van der Waals surface area contributed by atoms with E-state index in [2.05, 4.69) is 62.3 Å². The summed E-state index contributed by atoms with van der Waals surface area (Å²) in [4.78, 5) is 2.15. The summed E-state index contributed by atoms with van der Waals surface area (Å²) in [5.74, 6) is 0. The number of nitrogens with zero attached hydrogens (tertiary/aromatic N) is 1. The minimum atomic E-state index is 1.08. The van der Waals surface area contributed by atoms with Gasteiger partial charge < -0.3 is 4.90 Å². The monoisotopic (exact) mass is 175 g/mol. The van der Waals surface area contributed by atoms with Gasteiger partial charge >= 0.3 is 0 Å². The van der Waals surface area contributed by atoms with Crippen LogP contribution in [0.5, 0.6) is 0 Å². The fourth-order valence-electron chi connectivity index (χ4n) is 1.30. The summed E-state index contributed by atoms with van der Waals surface area (Å²) in [6.07, 6.45) is 5.35. The van der Waals surface area contributed by atoms with E-state index in [-0.39, 0.29) is 0 Å². The third-order valence-electron chi connectivity index (χ3n) is 2.06. The Morgan fingerprint density at radius 2 is 2.00 bits per heavy atom. The highest BCUT2D eigenvalue weighted by Gasteiger charge is 1.98. The third-order valence-corrected chi connectivity index (χ3v) is 2.06. The van der Waals surface area contributed by atoms with Gasteiger partial charge in [-0.1, -0.05) is 31.2 Å². The van der Waals surface area contributed by atoms with E-state index in [1.165, 1.54) is 11.3 Å². The molecule has 0 aliphatic heterocycles. The number of aryl methyl sites for hydroxylation is 1. The predicted molar refractivity (Wildman–Crippen MR) is 59.0 cm³/mol. The van der Waals surface area contributed by atoms with Crippen molar-refractivity contribution in [1.29, 1.82) is 0 Å². The first-order valence-electron chi connectivity index (χ1n) is 4.71. The van der Waals surface area contributed by atoms with E-state index in [9.17, 15) is 0 Å². The lowest BCUT2D eigenvalue weighted by atomic mass is 10.2. The normalized spacial score (nSPS) is 10.7. The lowest BCUT2D eigenvalue weighted by Gasteiger charge is -2.16. The Bertz CT molecular complexity index is 289. The van der Waals surface area contributed by atoms with Crippen molar-refractivity contribution in [2.45, 2.75) is 20.3 Å². The van der Waals surface area contributed by atoms with Crippen LogP contribution in [0.2, 0.25) is 0 Å². The summed E-state index contributed by atoms with van der Waals surface area (Å²) in [7, 11) is 2.08. The average molecular weight is 175 g/mol. The Morgan fingerprint density at radius 1 is 1.31 bits per heavy atom. The summed E-state index contributed by atoms with van der Waals surface area (Å²) in [6.45, 7) is 4.27. The van der Waals surface area contributed by atoms with Crippen LogP contribution in [-0.4, -0.2) is 7.05 Å². The molecular weight excluding hydrogens is 158 g/mol. The largest absolute Gasteiger partial charge is 0.351 e. The van der Waals surface area contributed by atoms with E-state index in [1.54, 1.807) is 0 Å². The van der Waals surface area contributed by atoms with Gasteiger partial charge in [0.15, 0.2) is 0 Å². The standard InChI is InChI=1S/C12H17N/c1-4-5-10-13(3)12-9-7-6-8-11(12)2/h5-10H,4H2,1-3H3/b10-5+. The van der Waals surface area contributed by atoms with Crippen molar-refractivity contribution in [1.82, 2.24) is 0 Å². The number of para-hydroxylation sites is 1. The molecule has 0 saturated carbocycles.